The highest BCUT2D eigenvalue weighted by molar-refractivity contribution is 6.29. The third-order valence-electron chi connectivity index (χ3n) is 5.10. The molecule has 8 heteroatoms. The van der Waals surface area contributed by atoms with Crippen molar-refractivity contribution in [2.24, 2.45) is 0 Å². The summed E-state index contributed by atoms with van der Waals surface area (Å²) in [5.74, 6) is 0.202. The number of halogens is 2. The van der Waals surface area contributed by atoms with Gasteiger partial charge in [-0.25, -0.2) is 9.37 Å². The average molecular weight is 395 g/mol. The molecule has 0 bridgehead atoms. The van der Waals surface area contributed by atoms with Crippen LogP contribution in [0.5, 0.6) is 0 Å². The fourth-order valence-corrected chi connectivity index (χ4v) is 3.55. The Morgan fingerprint density at radius 2 is 2.04 bits per heavy atom. The minimum atomic E-state index is -0.553. The molecule has 4 rings (SSSR count). The average Bonchev–Trinajstić information content (AvgIpc) is 2.71. The summed E-state index contributed by atoms with van der Waals surface area (Å²) < 4.78 is 14.4. The second-order valence-electron chi connectivity index (χ2n) is 6.70. The van der Waals surface area contributed by atoms with E-state index in [1.165, 1.54) is 6.20 Å². The predicted octanol–water partition coefficient (Wildman–Crippen LogP) is 3.78. The number of aromatic nitrogens is 4. The van der Waals surface area contributed by atoms with Crippen LogP contribution in [0.25, 0.3) is 11.1 Å². The maximum atomic E-state index is 14.4. The van der Waals surface area contributed by atoms with Gasteiger partial charge >= 0.3 is 0 Å². The maximum absolute atomic E-state index is 14.4. The van der Waals surface area contributed by atoms with Gasteiger partial charge in [0.1, 0.15) is 6.07 Å². The van der Waals surface area contributed by atoms with Crippen LogP contribution in [0.3, 0.4) is 0 Å². The molecule has 0 aromatic carbocycles. The third kappa shape index (κ3) is 3.06. The van der Waals surface area contributed by atoms with Crippen LogP contribution in [0, 0.1) is 31.0 Å². The molecule has 0 fully saturated rings. The molecule has 0 unspecified atom stereocenters. The SMILES string of the molecule is Cc1c(C#N)nnc(N2CCc3ncc(-c4ccnc(Cl)c4F)cc3C2)c1C. The van der Waals surface area contributed by atoms with Gasteiger partial charge in [-0.3, -0.25) is 4.98 Å². The highest BCUT2D eigenvalue weighted by Crippen LogP contribution is 2.31. The van der Waals surface area contributed by atoms with Gasteiger partial charge in [0, 0.05) is 48.7 Å². The van der Waals surface area contributed by atoms with Crippen molar-refractivity contribution in [3.63, 3.8) is 0 Å². The highest BCUT2D eigenvalue weighted by atomic mass is 35.5. The summed E-state index contributed by atoms with van der Waals surface area (Å²) in [7, 11) is 0. The fraction of sp³-hybridized carbons (Fsp3) is 0.250. The zero-order chi connectivity index (χ0) is 19.8. The molecule has 0 atom stereocenters. The number of nitriles is 1. The minimum absolute atomic E-state index is 0.157. The van der Waals surface area contributed by atoms with Gasteiger partial charge in [-0.1, -0.05) is 11.6 Å². The van der Waals surface area contributed by atoms with E-state index in [2.05, 4.69) is 31.1 Å². The molecular weight excluding hydrogens is 379 g/mol. The first-order valence-corrected chi connectivity index (χ1v) is 9.14. The van der Waals surface area contributed by atoms with Gasteiger partial charge in [-0.2, -0.15) is 5.26 Å². The Labute approximate surface area is 166 Å². The third-order valence-corrected chi connectivity index (χ3v) is 5.36. The second kappa shape index (κ2) is 7.13. The molecule has 4 heterocycles. The molecular formula is C20H16ClFN6. The molecule has 0 amide bonds. The lowest BCUT2D eigenvalue weighted by Gasteiger charge is -2.30. The van der Waals surface area contributed by atoms with E-state index in [9.17, 15) is 4.39 Å². The molecule has 0 spiro atoms. The van der Waals surface area contributed by atoms with Crippen molar-refractivity contribution in [3.05, 3.63) is 63.6 Å². The Balaban J connectivity index is 1.70. The molecule has 0 aliphatic carbocycles. The summed E-state index contributed by atoms with van der Waals surface area (Å²) in [4.78, 5) is 10.4. The molecule has 3 aromatic heterocycles. The number of rotatable bonds is 2. The van der Waals surface area contributed by atoms with Crippen molar-refractivity contribution in [1.82, 2.24) is 20.2 Å². The van der Waals surface area contributed by atoms with E-state index in [0.29, 0.717) is 23.4 Å². The van der Waals surface area contributed by atoms with E-state index in [-0.39, 0.29) is 5.15 Å². The number of hydrogen-bond donors (Lipinski definition) is 0. The largest absolute Gasteiger partial charge is 0.350 e. The zero-order valence-electron chi connectivity index (χ0n) is 15.4. The summed E-state index contributed by atoms with van der Waals surface area (Å²) in [6.07, 6.45) is 3.89. The van der Waals surface area contributed by atoms with E-state index >= 15 is 0 Å². The monoisotopic (exact) mass is 394 g/mol. The van der Waals surface area contributed by atoms with Crippen molar-refractivity contribution in [2.75, 3.05) is 11.4 Å². The molecule has 140 valence electrons. The molecule has 1 aliphatic heterocycles. The summed E-state index contributed by atoms with van der Waals surface area (Å²) in [5, 5.41) is 17.3. The van der Waals surface area contributed by atoms with Gasteiger partial charge in [0.2, 0.25) is 0 Å². The van der Waals surface area contributed by atoms with Gasteiger partial charge in [-0.15, -0.1) is 10.2 Å². The Morgan fingerprint density at radius 3 is 2.82 bits per heavy atom. The predicted molar refractivity (Wildman–Crippen MR) is 103 cm³/mol. The van der Waals surface area contributed by atoms with Crippen LogP contribution in [0.2, 0.25) is 5.15 Å². The van der Waals surface area contributed by atoms with Crippen molar-refractivity contribution in [1.29, 1.82) is 5.26 Å². The normalized spacial score (nSPS) is 13.2. The topological polar surface area (TPSA) is 78.6 Å². The van der Waals surface area contributed by atoms with E-state index in [4.69, 9.17) is 16.9 Å². The molecule has 0 radical (unpaired) electrons. The lowest BCUT2D eigenvalue weighted by Crippen LogP contribution is -2.32. The zero-order valence-corrected chi connectivity index (χ0v) is 16.1. The minimum Gasteiger partial charge on any atom is -0.350 e. The lowest BCUT2D eigenvalue weighted by atomic mass is 10.00. The summed E-state index contributed by atoms with van der Waals surface area (Å²) in [6, 6.07) is 5.58. The lowest BCUT2D eigenvalue weighted by molar-refractivity contribution is 0.625. The van der Waals surface area contributed by atoms with Crippen molar-refractivity contribution in [2.45, 2.75) is 26.8 Å². The highest BCUT2D eigenvalue weighted by Gasteiger charge is 2.23. The number of fused-ring (bicyclic) bond motifs is 1. The Hall–Kier alpha value is -3.11. The Morgan fingerprint density at radius 1 is 1.21 bits per heavy atom. The van der Waals surface area contributed by atoms with Gasteiger partial charge in [0.05, 0.1) is 0 Å². The first-order valence-electron chi connectivity index (χ1n) is 8.76. The van der Waals surface area contributed by atoms with Crippen LogP contribution in [0.15, 0.2) is 24.5 Å². The van der Waals surface area contributed by atoms with Crippen LogP contribution in [0.4, 0.5) is 10.2 Å². The standard InChI is InChI=1S/C20H16ClFN6/c1-11-12(2)20(27-26-17(11)8-23)28-6-4-16-14(10-28)7-13(9-25-16)15-3-5-24-19(21)18(15)22/h3,5,7,9H,4,6,10H2,1-2H3. The molecule has 0 N–H and O–H groups in total. The number of anilines is 1. The van der Waals surface area contributed by atoms with Gasteiger partial charge in [0.25, 0.3) is 0 Å². The first-order chi connectivity index (χ1) is 13.5. The van der Waals surface area contributed by atoms with Crippen molar-refractivity contribution >= 4 is 17.4 Å². The van der Waals surface area contributed by atoms with Crippen molar-refractivity contribution in [3.8, 4) is 17.2 Å². The van der Waals surface area contributed by atoms with E-state index in [1.807, 2.05) is 19.9 Å². The van der Waals surface area contributed by atoms with E-state index in [0.717, 1.165) is 41.2 Å². The number of pyridine rings is 2. The smallest absolute Gasteiger partial charge is 0.168 e. The number of nitrogens with zero attached hydrogens (tertiary/aromatic N) is 6. The maximum Gasteiger partial charge on any atom is 0.168 e. The van der Waals surface area contributed by atoms with Crippen LogP contribution < -0.4 is 4.90 Å². The number of hydrogen-bond acceptors (Lipinski definition) is 6. The summed E-state index contributed by atoms with van der Waals surface area (Å²) >= 11 is 5.81. The van der Waals surface area contributed by atoms with Gasteiger partial charge in [-0.05, 0) is 42.7 Å². The van der Waals surface area contributed by atoms with E-state index in [1.54, 1.807) is 12.3 Å². The summed E-state index contributed by atoms with van der Waals surface area (Å²) in [6.45, 7) is 5.14. The quantitative estimate of drug-likeness (QED) is 0.615. The molecule has 0 saturated carbocycles. The van der Waals surface area contributed by atoms with Crippen LogP contribution in [0.1, 0.15) is 28.1 Å². The van der Waals surface area contributed by atoms with Crippen LogP contribution >= 0.6 is 11.6 Å². The fourth-order valence-electron chi connectivity index (χ4n) is 3.39. The Bertz CT molecular complexity index is 1120. The second-order valence-corrected chi connectivity index (χ2v) is 7.06. The first kappa shape index (κ1) is 18.3. The van der Waals surface area contributed by atoms with Crippen LogP contribution in [-0.2, 0) is 13.0 Å². The van der Waals surface area contributed by atoms with Gasteiger partial charge < -0.3 is 4.90 Å². The molecule has 28 heavy (non-hydrogen) atoms. The molecule has 0 saturated heterocycles. The van der Waals surface area contributed by atoms with E-state index < -0.39 is 5.82 Å². The molecule has 3 aromatic rings. The van der Waals surface area contributed by atoms with Crippen LogP contribution in [-0.4, -0.2) is 26.7 Å². The summed E-state index contributed by atoms with van der Waals surface area (Å²) in [5.41, 5.74) is 5.12. The van der Waals surface area contributed by atoms with Gasteiger partial charge in [0.15, 0.2) is 22.5 Å². The molecule has 1 aliphatic rings. The Kier molecular flexibility index (Phi) is 4.65. The van der Waals surface area contributed by atoms with Crippen molar-refractivity contribution < 1.29 is 4.39 Å². The molecule has 6 nitrogen and oxygen atoms in total.